The monoisotopic (exact) mass is 368 g/mol. The number of methoxy groups -OCH3 is 2. The van der Waals surface area contributed by atoms with Crippen molar-refractivity contribution in [1.29, 1.82) is 0 Å². The van der Waals surface area contributed by atoms with Crippen LogP contribution in [0.3, 0.4) is 0 Å². The Morgan fingerprint density at radius 1 is 1.00 bits per heavy atom. The van der Waals surface area contributed by atoms with E-state index in [4.69, 9.17) is 14.2 Å². The van der Waals surface area contributed by atoms with Crippen molar-refractivity contribution >= 4 is 17.8 Å². The predicted octanol–water partition coefficient (Wildman–Crippen LogP) is 4.07. The van der Waals surface area contributed by atoms with E-state index in [2.05, 4.69) is 0 Å². The average Bonchev–Trinajstić information content (AvgIpc) is 2.63. The molecule has 0 atom stereocenters. The van der Waals surface area contributed by atoms with Gasteiger partial charge in [-0.05, 0) is 44.0 Å². The second-order valence-electron chi connectivity index (χ2n) is 6.22. The lowest BCUT2D eigenvalue weighted by molar-refractivity contribution is -0.136. The topological polar surface area (TPSA) is 61.8 Å². The molecule has 0 heterocycles. The van der Waals surface area contributed by atoms with Crippen LogP contribution >= 0.6 is 0 Å². The molecule has 2 aromatic rings. The van der Waals surface area contributed by atoms with E-state index in [0.717, 1.165) is 16.7 Å². The molecular formula is C22H24O5. The quantitative estimate of drug-likeness (QED) is 0.419. The summed E-state index contributed by atoms with van der Waals surface area (Å²) in [6.07, 6.45) is 2.83. The number of para-hydroxylation sites is 1. The molecule has 5 nitrogen and oxygen atoms in total. The van der Waals surface area contributed by atoms with Gasteiger partial charge in [0, 0.05) is 17.2 Å². The van der Waals surface area contributed by atoms with Crippen molar-refractivity contribution in [2.24, 2.45) is 0 Å². The van der Waals surface area contributed by atoms with Crippen LogP contribution in [0.4, 0.5) is 0 Å². The van der Waals surface area contributed by atoms with E-state index in [1.165, 1.54) is 13.2 Å². The molecule has 0 N–H and O–H groups in total. The van der Waals surface area contributed by atoms with Crippen molar-refractivity contribution in [3.63, 3.8) is 0 Å². The highest BCUT2D eigenvalue weighted by Gasteiger charge is 2.14. The number of carbonyl (C=O) groups is 2. The highest BCUT2D eigenvalue weighted by atomic mass is 16.5. The zero-order valence-electron chi connectivity index (χ0n) is 16.3. The van der Waals surface area contributed by atoms with Crippen LogP contribution in [0.2, 0.25) is 0 Å². The first kappa shape index (κ1) is 20.2. The van der Waals surface area contributed by atoms with Gasteiger partial charge in [0.2, 0.25) is 5.78 Å². The highest BCUT2D eigenvalue weighted by molar-refractivity contribution is 6.01. The first-order valence-corrected chi connectivity index (χ1v) is 8.54. The maximum atomic E-state index is 12.4. The van der Waals surface area contributed by atoms with E-state index >= 15 is 0 Å². The molecule has 0 saturated heterocycles. The van der Waals surface area contributed by atoms with E-state index in [0.29, 0.717) is 22.6 Å². The number of benzene rings is 2. The Kier molecular flexibility index (Phi) is 6.77. The Labute approximate surface area is 159 Å². The smallest absolute Gasteiger partial charge is 0.331 e. The molecular weight excluding hydrogens is 344 g/mol. The summed E-state index contributed by atoms with van der Waals surface area (Å²) in [5.74, 6) is 0.265. The average molecular weight is 368 g/mol. The summed E-state index contributed by atoms with van der Waals surface area (Å²) in [5.41, 5.74) is 4.13. The van der Waals surface area contributed by atoms with Crippen LogP contribution < -0.4 is 9.47 Å². The zero-order chi connectivity index (χ0) is 20.0. The number of ether oxygens (including phenoxy) is 3. The number of esters is 1. The number of carbonyl (C=O) groups excluding carboxylic acids is 2. The molecule has 0 aliphatic carbocycles. The number of hydrogen-bond acceptors (Lipinski definition) is 5. The Hall–Kier alpha value is -3.08. The summed E-state index contributed by atoms with van der Waals surface area (Å²) in [6, 6.07) is 9.22. The summed E-state index contributed by atoms with van der Waals surface area (Å²) in [7, 11) is 3.07. The molecule has 0 aliphatic rings. The fourth-order valence-corrected chi connectivity index (χ4v) is 3.08. The Balaban J connectivity index is 2.05. The molecule has 0 aliphatic heterocycles. The molecule has 0 fully saturated rings. The molecule has 142 valence electrons. The fourth-order valence-electron chi connectivity index (χ4n) is 3.08. The van der Waals surface area contributed by atoms with Crippen molar-refractivity contribution in [3.8, 4) is 11.5 Å². The van der Waals surface area contributed by atoms with Gasteiger partial charge in [0.15, 0.2) is 18.1 Å². The van der Waals surface area contributed by atoms with Gasteiger partial charge < -0.3 is 14.2 Å². The van der Waals surface area contributed by atoms with E-state index in [1.807, 2.05) is 32.9 Å². The minimum Gasteiger partial charge on any atom is -0.493 e. The standard InChI is InChI=1S/C22H24O5/c1-14-11-15(2)21(16(3)12-14)18(23)13-27-20(24)10-9-17-7-6-8-19(25-4)22(17)26-5/h6-12H,13H2,1-5H3. The highest BCUT2D eigenvalue weighted by Crippen LogP contribution is 2.31. The summed E-state index contributed by atoms with van der Waals surface area (Å²) in [5, 5.41) is 0. The number of aryl methyl sites for hydroxylation is 3. The Morgan fingerprint density at radius 2 is 1.67 bits per heavy atom. The molecule has 0 amide bonds. The van der Waals surface area contributed by atoms with Gasteiger partial charge in [-0.2, -0.15) is 0 Å². The molecule has 0 saturated carbocycles. The molecule has 0 bridgehead atoms. The second-order valence-corrected chi connectivity index (χ2v) is 6.22. The first-order chi connectivity index (χ1) is 12.9. The molecule has 2 aromatic carbocycles. The van der Waals surface area contributed by atoms with Gasteiger partial charge in [0.25, 0.3) is 0 Å². The third-order valence-corrected chi connectivity index (χ3v) is 4.13. The molecule has 0 radical (unpaired) electrons. The van der Waals surface area contributed by atoms with Gasteiger partial charge in [-0.3, -0.25) is 4.79 Å². The van der Waals surface area contributed by atoms with Crippen LogP contribution in [-0.2, 0) is 9.53 Å². The number of Topliss-reactive ketones (excluding diaryl/α,β-unsaturated/α-hetero) is 1. The minimum absolute atomic E-state index is 0.217. The summed E-state index contributed by atoms with van der Waals surface area (Å²) in [4.78, 5) is 24.4. The number of hydrogen-bond donors (Lipinski definition) is 0. The molecule has 2 rings (SSSR count). The van der Waals surface area contributed by atoms with E-state index in [1.54, 1.807) is 31.4 Å². The molecule has 5 heteroatoms. The lowest BCUT2D eigenvalue weighted by Gasteiger charge is -2.10. The van der Waals surface area contributed by atoms with Gasteiger partial charge >= 0.3 is 5.97 Å². The molecule has 0 spiro atoms. The van der Waals surface area contributed by atoms with Crippen LogP contribution in [0.5, 0.6) is 11.5 Å². The van der Waals surface area contributed by atoms with Gasteiger partial charge in [-0.1, -0.05) is 29.8 Å². The molecule has 27 heavy (non-hydrogen) atoms. The molecule has 0 unspecified atom stereocenters. The lowest BCUT2D eigenvalue weighted by Crippen LogP contribution is -2.15. The van der Waals surface area contributed by atoms with E-state index in [-0.39, 0.29) is 12.4 Å². The maximum Gasteiger partial charge on any atom is 0.331 e. The van der Waals surface area contributed by atoms with Crippen molar-refractivity contribution in [2.75, 3.05) is 20.8 Å². The van der Waals surface area contributed by atoms with Gasteiger partial charge in [-0.25, -0.2) is 4.79 Å². The number of ketones is 1. The second kappa shape index (κ2) is 9.03. The van der Waals surface area contributed by atoms with Gasteiger partial charge in [0.05, 0.1) is 14.2 Å². The largest absolute Gasteiger partial charge is 0.493 e. The third-order valence-electron chi connectivity index (χ3n) is 4.13. The zero-order valence-corrected chi connectivity index (χ0v) is 16.3. The van der Waals surface area contributed by atoms with Crippen LogP contribution in [0, 0.1) is 20.8 Å². The Bertz CT molecular complexity index is 857. The summed E-state index contributed by atoms with van der Waals surface area (Å²) >= 11 is 0. The first-order valence-electron chi connectivity index (χ1n) is 8.54. The van der Waals surface area contributed by atoms with Gasteiger partial charge in [0.1, 0.15) is 0 Å². The third kappa shape index (κ3) is 4.97. The van der Waals surface area contributed by atoms with Crippen molar-refractivity contribution in [3.05, 3.63) is 64.2 Å². The van der Waals surface area contributed by atoms with Crippen LogP contribution in [0.15, 0.2) is 36.4 Å². The van der Waals surface area contributed by atoms with Crippen LogP contribution in [0.1, 0.15) is 32.6 Å². The lowest BCUT2D eigenvalue weighted by atomic mass is 9.97. The fraction of sp³-hybridized carbons (Fsp3) is 0.273. The summed E-state index contributed by atoms with van der Waals surface area (Å²) < 4.78 is 15.6. The predicted molar refractivity (Wildman–Crippen MR) is 105 cm³/mol. The van der Waals surface area contributed by atoms with E-state index in [9.17, 15) is 9.59 Å². The van der Waals surface area contributed by atoms with Crippen LogP contribution in [-0.4, -0.2) is 32.6 Å². The Morgan fingerprint density at radius 3 is 2.26 bits per heavy atom. The van der Waals surface area contributed by atoms with Crippen LogP contribution in [0.25, 0.3) is 6.08 Å². The molecule has 0 aromatic heterocycles. The normalized spacial score (nSPS) is 10.7. The van der Waals surface area contributed by atoms with Gasteiger partial charge in [-0.15, -0.1) is 0 Å². The van der Waals surface area contributed by atoms with Crippen molar-refractivity contribution in [1.82, 2.24) is 0 Å². The minimum atomic E-state index is -0.601. The number of rotatable bonds is 7. The maximum absolute atomic E-state index is 12.4. The van der Waals surface area contributed by atoms with Crippen molar-refractivity contribution in [2.45, 2.75) is 20.8 Å². The van der Waals surface area contributed by atoms with E-state index < -0.39 is 5.97 Å². The van der Waals surface area contributed by atoms with Crippen molar-refractivity contribution < 1.29 is 23.8 Å². The SMILES string of the molecule is COc1cccc(C=CC(=O)OCC(=O)c2c(C)cc(C)cc2C)c1OC. The summed E-state index contributed by atoms with van der Waals surface area (Å²) in [6.45, 7) is 5.43.